The van der Waals surface area contributed by atoms with Crippen molar-refractivity contribution in [1.82, 2.24) is 4.90 Å². The fourth-order valence-electron chi connectivity index (χ4n) is 4.61. The quantitative estimate of drug-likeness (QED) is 0.676. The standard InChI is InChI=1S/C24H29FN2O3/c1-16-19(9-6-10-21(16)25)23-18(13-22(26)28)14-27(11-12-30-2)15-20(23)24(29)17-7-4-3-5-8-17/h3-10,18,20,23H,11-15H2,1-2H3,(H2,26,28)/t18-,20+,23+/m1/s1. The number of methoxy groups -OCH3 is 1. The molecule has 6 heteroatoms. The molecule has 3 rings (SSSR count). The zero-order valence-electron chi connectivity index (χ0n) is 17.5. The van der Waals surface area contributed by atoms with E-state index in [0.717, 1.165) is 5.56 Å². The number of carbonyl (C=O) groups is 2. The lowest BCUT2D eigenvalue weighted by atomic mass is 9.69. The summed E-state index contributed by atoms with van der Waals surface area (Å²) < 4.78 is 19.6. The second kappa shape index (κ2) is 9.96. The third kappa shape index (κ3) is 4.94. The van der Waals surface area contributed by atoms with Crippen LogP contribution >= 0.6 is 0 Å². The Hall–Kier alpha value is -2.57. The Labute approximate surface area is 177 Å². The third-order valence-electron chi connectivity index (χ3n) is 6.03. The summed E-state index contributed by atoms with van der Waals surface area (Å²) >= 11 is 0. The Morgan fingerprint density at radius 2 is 1.87 bits per heavy atom. The van der Waals surface area contributed by atoms with Crippen LogP contribution in [0.5, 0.6) is 0 Å². The molecule has 1 saturated heterocycles. The van der Waals surface area contributed by atoms with E-state index in [1.807, 2.05) is 24.3 Å². The smallest absolute Gasteiger partial charge is 0.217 e. The van der Waals surface area contributed by atoms with Crippen molar-refractivity contribution in [2.45, 2.75) is 19.3 Å². The van der Waals surface area contributed by atoms with Gasteiger partial charge in [-0.1, -0.05) is 42.5 Å². The number of Topliss-reactive ketones (excluding diaryl/α,β-unsaturated/α-hetero) is 1. The van der Waals surface area contributed by atoms with Crippen LogP contribution in [0.2, 0.25) is 0 Å². The molecule has 0 aliphatic carbocycles. The molecule has 1 fully saturated rings. The molecule has 0 unspecified atom stereocenters. The van der Waals surface area contributed by atoms with Crippen molar-refractivity contribution in [3.05, 3.63) is 71.0 Å². The minimum atomic E-state index is -0.418. The summed E-state index contributed by atoms with van der Waals surface area (Å²) in [6.07, 6.45) is 0.142. The molecule has 0 spiro atoms. The van der Waals surface area contributed by atoms with E-state index in [4.69, 9.17) is 10.5 Å². The highest BCUT2D eigenvalue weighted by Gasteiger charge is 2.42. The second-order valence-corrected chi connectivity index (χ2v) is 8.00. The van der Waals surface area contributed by atoms with Crippen molar-refractivity contribution < 1.29 is 18.7 Å². The number of hydrogen-bond donors (Lipinski definition) is 1. The maximum atomic E-state index is 14.4. The lowest BCUT2D eigenvalue weighted by Gasteiger charge is -2.44. The van der Waals surface area contributed by atoms with Crippen LogP contribution in [0.3, 0.4) is 0 Å². The fourth-order valence-corrected chi connectivity index (χ4v) is 4.61. The van der Waals surface area contributed by atoms with E-state index in [0.29, 0.717) is 37.4 Å². The number of carbonyl (C=O) groups excluding carboxylic acids is 2. The monoisotopic (exact) mass is 412 g/mol. The van der Waals surface area contributed by atoms with E-state index >= 15 is 0 Å². The molecule has 2 aromatic rings. The molecule has 0 saturated carbocycles. The number of ether oxygens (including phenoxy) is 1. The van der Waals surface area contributed by atoms with Gasteiger partial charge in [0.05, 0.1) is 6.61 Å². The topological polar surface area (TPSA) is 72.6 Å². The van der Waals surface area contributed by atoms with E-state index in [2.05, 4.69) is 4.90 Å². The van der Waals surface area contributed by atoms with Gasteiger partial charge in [0.1, 0.15) is 5.82 Å². The SMILES string of the molecule is COCCN1C[C@@H](CC(N)=O)[C@@H](c2cccc(F)c2C)[C@@H](C(=O)c2ccccc2)C1. The van der Waals surface area contributed by atoms with Gasteiger partial charge < -0.3 is 10.5 Å². The zero-order chi connectivity index (χ0) is 21.7. The molecule has 0 aromatic heterocycles. The molecule has 0 bridgehead atoms. The Morgan fingerprint density at radius 3 is 2.53 bits per heavy atom. The molecular formula is C24H29FN2O3. The number of likely N-dealkylation sites (tertiary alicyclic amines) is 1. The van der Waals surface area contributed by atoms with Gasteiger partial charge in [0.2, 0.25) is 5.91 Å². The number of benzene rings is 2. The number of piperidine rings is 1. The van der Waals surface area contributed by atoms with E-state index in [-0.39, 0.29) is 29.9 Å². The number of halogens is 1. The Balaban J connectivity index is 2.06. The molecule has 1 aliphatic rings. The summed E-state index contributed by atoms with van der Waals surface area (Å²) in [4.78, 5) is 27.6. The van der Waals surface area contributed by atoms with Crippen molar-refractivity contribution >= 4 is 11.7 Å². The minimum absolute atomic E-state index is 0.000786. The molecule has 2 N–H and O–H groups in total. The van der Waals surface area contributed by atoms with Crippen LogP contribution in [-0.4, -0.2) is 49.9 Å². The highest BCUT2D eigenvalue weighted by Crippen LogP contribution is 2.42. The van der Waals surface area contributed by atoms with Crippen molar-refractivity contribution in [1.29, 1.82) is 0 Å². The van der Waals surface area contributed by atoms with Gasteiger partial charge >= 0.3 is 0 Å². The van der Waals surface area contributed by atoms with E-state index < -0.39 is 11.8 Å². The first-order valence-electron chi connectivity index (χ1n) is 10.3. The summed E-state index contributed by atoms with van der Waals surface area (Å²) in [6, 6.07) is 14.1. The molecule has 30 heavy (non-hydrogen) atoms. The number of hydrogen-bond acceptors (Lipinski definition) is 4. The third-order valence-corrected chi connectivity index (χ3v) is 6.03. The van der Waals surface area contributed by atoms with Crippen molar-refractivity contribution in [3.8, 4) is 0 Å². The average Bonchev–Trinajstić information content (AvgIpc) is 2.74. The first-order chi connectivity index (χ1) is 14.4. The van der Waals surface area contributed by atoms with Crippen LogP contribution in [0.15, 0.2) is 48.5 Å². The van der Waals surface area contributed by atoms with Crippen molar-refractivity contribution in [2.75, 3.05) is 33.4 Å². The first kappa shape index (κ1) is 22.1. The molecular weight excluding hydrogens is 383 g/mol. The van der Waals surface area contributed by atoms with Gasteiger partial charge in [-0.2, -0.15) is 0 Å². The van der Waals surface area contributed by atoms with Gasteiger partial charge in [0.15, 0.2) is 5.78 Å². The van der Waals surface area contributed by atoms with Gasteiger partial charge in [-0.3, -0.25) is 14.5 Å². The van der Waals surface area contributed by atoms with Gasteiger partial charge in [-0.25, -0.2) is 4.39 Å². The molecule has 2 aromatic carbocycles. The van der Waals surface area contributed by atoms with Crippen LogP contribution in [0.4, 0.5) is 4.39 Å². The number of ketones is 1. The Morgan fingerprint density at radius 1 is 1.13 bits per heavy atom. The molecule has 0 radical (unpaired) electrons. The van der Waals surface area contributed by atoms with Gasteiger partial charge in [0, 0.05) is 50.6 Å². The summed E-state index contributed by atoms with van der Waals surface area (Å²) in [5.74, 6) is -1.62. The Kier molecular flexibility index (Phi) is 7.34. The number of primary amides is 1. The Bertz CT molecular complexity index is 887. The van der Waals surface area contributed by atoms with E-state index in [1.165, 1.54) is 6.07 Å². The summed E-state index contributed by atoms with van der Waals surface area (Å²) in [5, 5.41) is 0. The lowest BCUT2D eigenvalue weighted by Crippen LogP contribution is -2.49. The molecule has 5 nitrogen and oxygen atoms in total. The van der Waals surface area contributed by atoms with Crippen molar-refractivity contribution in [3.63, 3.8) is 0 Å². The molecule has 1 heterocycles. The summed E-state index contributed by atoms with van der Waals surface area (Å²) in [6.45, 7) is 4.03. The van der Waals surface area contributed by atoms with Crippen LogP contribution in [0.1, 0.15) is 33.8 Å². The van der Waals surface area contributed by atoms with Crippen molar-refractivity contribution in [2.24, 2.45) is 17.6 Å². The molecule has 1 aliphatic heterocycles. The summed E-state index contributed by atoms with van der Waals surface area (Å²) in [5.41, 5.74) is 7.49. The molecule has 160 valence electrons. The van der Waals surface area contributed by atoms with Crippen LogP contribution in [-0.2, 0) is 9.53 Å². The molecule has 1 amide bonds. The zero-order valence-corrected chi connectivity index (χ0v) is 17.5. The molecule has 3 atom stereocenters. The fraction of sp³-hybridized carbons (Fsp3) is 0.417. The number of amides is 1. The average molecular weight is 413 g/mol. The number of nitrogens with zero attached hydrogens (tertiary/aromatic N) is 1. The largest absolute Gasteiger partial charge is 0.383 e. The predicted molar refractivity (Wildman–Crippen MR) is 114 cm³/mol. The van der Waals surface area contributed by atoms with Gasteiger partial charge in [0.25, 0.3) is 0 Å². The highest BCUT2D eigenvalue weighted by molar-refractivity contribution is 5.98. The first-order valence-corrected chi connectivity index (χ1v) is 10.3. The number of rotatable bonds is 8. The van der Waals surface area contributed by atoms with Crippen LogP contribution < -0.4 is 5.73 Å². The maximum absolute atomic E-state index is 14.4. The number of nitrogens with two attached hydrogens (primary N) is 1. The van der Waals surface area contributed by atoms with Crippen LogP contribution in [0.25, 0.3) is 0 Å². The maximum Gasteiger partial charge on any atom is 0.217 e. The lowest BCUT2D eigenvalue weighted by molar-refractivity contribution is -0.119. The minimum Gasteiger partial charge on any atom is -0.383 e. The second-order valence-electron chi connectivity index (χ2n) is 8.00. The highest BCUT2D eigenvalue weighted by atomic mass is 19.1. The van der Waals surface area contributed by atoms with E-state index in [1.54, 1.807) is 32.2 Å². The normalized spacial score (nSPS) is 22.0. The van der Waals surface area contributed by atoms with Crippen LogP contribution in [0, 0.1) is 24.6 Å². The van der Waals surface area contributed by atoms with Gasteiger partial charge in [-0.05, 0) is 30.0 Å². The van der Waals surface area contributed by atoms with Gasteiger partial charge in [-0.15, -0.1) is 0 Å². The van der Waals surface area contributed by atoms with E-state index in [9.17, 15) is 14.0 Å². The predicted octanol–water partition coefficient (Wildman–Crippen LogP) is 3.17. The summed E-state index contributed by atoms with van der Waals surface area (Å²) in [7, 11) is 1.64.